The van der Waals surface area contributed by atoms with Crippen LogP contribution in [0.4, 0.5) is 0 Å². The van der Waals surface area contributed by atoms with Crippen molar-refractivity contribution >= 4 is 0 Å². The van der Waals surface area contributed by atoms with Crippen LogP contribution in [0.15, 0.2) is 11.6 Å². The zero-order valence-corrected chi connectivity index (χ0v) is 8.11. The predicted molar refractivity (Wildman–Crippen MR) is 50.6 cm³/mol. The highest BCUT2D eigenvalue weighted by molar-refractivity contribution is 5.08. The molecule has 11 heavy (non-hydrogen) atoms. The van der Waals surface area contributed by atoms with Crippen LogP contribution in [0.25, 0.3) is 0 Å². The van der Waals surface area contributed by atoms with Crippen LogP contribution in [0, 0.1) is 5.41 Å². The molecule has 0 heteroatoms. The minimum atomic E-state index is 0.396. The lowest BCUT2D eigenvalue weighted by molar-refractivity contribution is 0.518. The molecule has 0 aromatic carbocycles. The Hall–Kier alpha value is -0.260. The summed E-state index contributed by atoms with van der Waals surface area (Å²) in [6.07, 6.45) is 9.46. The van der Waals surface area contributed by atoms with Gasteiger partial charge in [0, 0.05) is 0 Å². The van der Waals surface area contributed by atoms with E-state index in [9.17, 15) is 0 Å². The van der Waals surface area contributed by atoms with Crippen molar-refractivity contribution in [2.75, 3.05) is 0 Å². The van der Waals surface area contributed by atoms with Crippen molar-refractivity contribution < 1.29 is 0 Å². The quantitative estimate of drug-likeness (QED) is 0.461. The van der Waals surface area contributed by atoms with Gasteiger partial charge in [-0.3, -0.25) is 0 Å². The van der Waals surface area contributed by atoms with Gasteiger partial charge in [-0.15, -0.1) is 0 Å². The van der Waals surface area contributed by atoms with Crippen LogP contribution in [-0.2, 0) is 0 Å². The Labute approximate surface area is 70.7 Å². The van der Waals surface area contributed by atoms with Crippen molar-refractivity contribution in [2.24, 2.45) is 5.41 Å². The molecule has 0 nitrogen and oxygen atoms in total. The summed E-state index contributed by atoms with van der Waals surface area (Å²) in [5.41, 5.74) is 2.09. The minimum absolute atomic E-state index is 0.396. The SMILES string of the molecule is CC(C)(C)C=C1CCCCC1. The number of hydrogen-bond donors (Lipinski definition) is 0. The second-order valence-corrected chi connectivity index (χ2v) is 4.73. The molecule has 1 aliphatic carbocycles. The molecule has 64 valence electrons. The highest BCUT2D eigenvalue weighted by Gasteiger charge is 2.10. The molecule has 0 aromatic heterocycles. The van der Waals surface area contributed by atoms with Crippen LogP contribution in [0.2, 0.25) is 0 Å². The summed E-state index contributed by atoms with van der Waals surface area (Å²) in [4.78, 5) is 0. The fraction of sp³-hybridized carbons (Fsp3) is 0.818. The molecular weight excluding hydrogens is 132 g/mol. The third-order valence-corrected chi connectivity index (χ3v) is 2.13. The normalized spacial score (nSPS) is 20.1. The Morgan fingerprint density at radius 2 is 1.55 bits per heavy atom. The Morgan fingerprint density at radius 1 is 1.00 bits per heavy atom. The average Bonchev–Trinajstić information content (AvgIpc) is 1.85. The van der Waals surface area contributed by atoms with E-state index in [1.807, 2.05) is 0 Å². The lowest BCUT2D eigenvalue weighted by Crippen LogP contribution is -2.03. The molecule has 1 saturated carbocycles. The van der Waals surface area contributed by atoms with E-state index in [0.29, 0.717) is 5.41 Å². The monoisotopic (exact) mass is 152 g/mol. The molecule has 0 aromatic rings. The molecule has 1 fully saturated rings. The fourth-order valence-electron chi connectivity index (χ4n) is 1.76. The second-order valence-electron chi connectivity index (χ2n) is 4.73. The van der Waals surface area contributed by atoms with Gasteiger partial charge < -0.3 is 0 Å². The predicted octanol–water partition coefficient (Wildman–Crippen LogP) is 3.92. The average molecular weight is 152 g/mol. The first kappa shape index (κ1) is 8.83. The molecule has 0 aliphatic heterocycles. The van der Waals surface area contributed by atoms with Crippen molar-refractivity contribution in [1.29, 1.82) is 0 Å². The maximum Gasteiger partial charge on any atom is -0.0200 e. The van der Waals surface area contributed by atoms with Gasteiger partial charge >= 0.3 is 0 Å². The third kappa shape index (κ3) is 3.60. The molecule has 0 atom stereocenters. The summed E-state index contributed by atoms with van der Waals surface area (Å²) in [7, 11) is 0. The van der Waals surface area contributed by atoms with E-state index in [0.717, 1.165) is 0 Å². The molecule has 1 aliphatic rings. The standard InChI is InChI=1S/C11H20/c1-11(2,3)9-10-7-5-4-6-8-10/h9H,4-8H2,1-3H3. The summed E-state index contributed by atoms with van der Waals surface area (Å²) in [6.45, 7) is 6.86. The summed E-state index contributed by atoms with van der Waals surface area (Å²) in [5, 5.41) is 0. The maximum absolute atomic E-state index is 2.46. The molecular formula is C11H20. The second kappa shape index (κ2) is 3.42. The Bertz CT molecular complexity index is 138. The van der Waals surface area contributed by atoms with Crippen molar-refractivity contribution in [3.63, 3.8) is 0 Å². The van der Waals surface area contributed by atoms with Crippen LogP contribution in [0.5, 0.6) is 0 Å². The summed E-state index contributed by atoms with van der Waals surface area (Å²) in [6, 6.07) is 0. The molecule has 0 saturated heterocycles. The van der Waals surface area contributed by atoms with Gasteiger partial charge in [0.05, 0.1) is 0 Å². The largest absolute Gasteiger partial charge is 0.0799 e. The Balaban J connectivity index is 2.50. The van der Waals surface area contributed by atoms with Crippen molar-refractivity contribution in [3.8, 4) is 0 Å². The van der Waals surface area contributed by atoms with Gasteiger partial charge in [0.2, 0.25) is 0 Å². The fourth-order valence-corrected chi connectivity index (χ4v) is 1.76. The molecule has 0 bridgehead atoms. The topological polar surface area (TPSA) is 0 Å². The maximum atomic E-state index is 2.46. The molecule has 0 spiro atoms. The van der Waals surface area contributed by atoms with Crippen LogP contribution >= 0.6 is 0 Å². The van der Waals surface area contributed by atoms with Gasteiger partial charge in [0.1, 0.15) is 0 Å². The van der Waals surface area contributed by atoms with Gasteiger partial charge in [-0.05, 0) is 31.1 Å². The first-order chi connectivity index (χ1) is 5.08. The van der Waals surface area contributed by atoms with Gasteiger partial charge in [-0.25, -0.2) is 0 Å². The molecule has 1 rings (SSSR count). The van der Waals surface area contributed by atoms with Gasteiger partial charge in [-0.1, -0.05) is 38.8 Å². The lowest BCUT2D eigenvalue weighted by atomic mass is 9.87. The lowest BCUT2D eigenvalue weighted by Gasteiger charge is -2.19. The molecule has 0 heterocycles. The van der Waals surface area contributed by atoms with Crippen molar-refractivity contribution in [1.82, 2.24) is 0 Å². The van der Waals surface area contributed by atoms with Crippen LogP contribution in [-0.4, -0.2) is 0 Å². The smallest absolute Gasteiger partial charge is 0.0200 e. The van der Waals surface area contributed by atoms with E-state index in [2.05, 4.69) is 26.8 Å². The Morgan fingerprint density at radius 3 is 2.00 bits per heavy atom. The van der Waals surface area contributed by atoms with E-state index in [4.69, 9.17) is 0 Å². The summed E-state index contributed by atoms with van der Waals surface area (Å²) < 4.78 is 0. The zero-order chi connectivity index (χ0) is 8.32. The van der Waals surface area contributed by atoms with Gasteiger partial charge in [0.25, 0.3) is 0 Å². The number of allylic oxidation sites excluding steroid dienone is 2. The molecule has 0 N–H and O–H groups in total. The van der Waals surface area contributed by atoms with Crippen molar-refractivity contribution in [2.45, 2.75) is 52.9 Å². The van der Waals surface area contributed by atoms with E-state index >= 15 is 0 Å². The summed E-state index contributed by atoms with van der Waals surface area (Å²) in [5.74, 6) is 0. The van der Waals surface area contributed by atoms with E-state index < -0.39 is 0 Å². The van der Waals surface area contributed by atoms with Crippen molar-refractivity contribution in [3.05, 3.63) is 11.6 Å². The third-order valence-electron chi connectivity index (χ3n) is 2.13. The van der Waals surface area contributed by atoms with E-state index in [-0.39, 0.29) is 0 Å². The van der Waals surface area contributed by atoms with Crippen LogP contribution < -0.4 is 0 Å². The van der Waals surface area contributed by atoms with Crippen LogP contribution in [0.1, 0.15) is 52.9 Å². The number of hydrogen-bond acceptors (Lipinski definition) is 0. The zero-order valence-electron chi connectivity index (χ0n) is 8.11. The first-order valence-electron chi connectivity index (χ1n) is 4.78. The van der Waals surface area contributed by atoms with Gasteiger partial charge in [-0.2, -0.15) is 0 Å². The highest BCUT2D eigenvalue weighted by atomic mass is 14.2. The highest BCUT2D eigenvalue weighted by Crippen LogP contribution is 2.27. The molecule has 0 amide bonds. The number of rotatable bonds is 0. The van der Waals surface area contributed by atoms with Crippen LogP contribution in [0.3, 0.4) is 0 Å². The minimum Gasteiger partial charge on any atom is -0.0799 e. The summed E-state index contributed by atoms with van der Waals surface area (Å²) >= 11 is 0. The molecule has 0 radical (unpaired) electrons. The molecule has 0 unspecified atom stereocenters. The van der Waals surface area contributed by atoms with E-state index in [1.54, 1.807) is 5.57 Å². The first-order valence-corrected chi connectivity index (χ1v) is 4.78. The van der Waals surface area contributed by atoms with Gasteiger partial charge in [0.15, 0.2) is 0 Å². The Kier molecular flexibility index (Phi) is 2.75. The van der Waals surface area contributed by atoms with E-state index in [1.165, 1.54) is 32.1 Å².